The molecule has 7 heteroatoms. The van der Waals surface area contributed by atoms with Crippen LogP contribution in [0.1, 0.15) is 15.9 Å². The van der Waals surface area contributed by atoms with Crippen LogP contribution in [0.4, 0.5) is 0 Å². The maximum atomic E-state index is 12.5. The number of ether oxygens (including phenoxy) is 1. The summed E-state index contributed by atoms with van der Waals surface area (Å²) in [4.78, 5) is 25.0. The summed E-state index contributed by atoms with van der Waals surface area (Å²) in [7, 11) is 3.30. The first-order valence-corrected chi connectivity index (χ1v) is 8.46. The van der Waals surface area contributed by atoms with E-state index < -0.39 is 0 Å². The van der Waals surface area contributed by atoms with Crippen molar-refractivity contribution in [3.05, 3.63) is 76.2 Å². The number of hydrogen-bond acceptors (Lipinski definition) is 4. The fourth-order valence-electron chi connectivity index (χ4n) is 3.08. The Hall–Kier alpha value is -3.61. The molecule has 0 saturated heterocycles. The minimum absolute atomic E-state index is 0.157. The molecule has 1 amide bonds. The van der Waals surface area contributed by atoms with E-state index in [4.69, 9.17) is 4.74 Å². The molecule has 0 spiro atoms. The van der Waals surface area contributed by atoms with Crippen molar-refractivity contribution in [1.29, 1.82) is 0 Å². The van der Waals surface area contributed by atoms with Gasteiger partial charge in [0.15, 0.2) is 0 Å². The van der Waals surface area contributed by atoms with E-state index >= 15 is 0 Å². The average Bonchev–Trinajstić information content (AvgIpc) is 3.20. The number of aromatic nitrogens is 3. The third-order valence-corrected chi connectivity index (χ3v) is 4.61. The molecular formula is C20H18N4O3. The van der Waals surface area contributed by atoms with Gasteiger partial charge in [-0.15, -0.1) is 0 Å². The van der Waals surface area contributed by atoms with Crippen molar-refractivity contribution in [3.63, 3.8) is 0 Å². The van der Waals surface area contributed by atoms with E-state index in [9.17, 15) is 9.59 Å². The SMILES string of the molecule is COc1ccc(CNC(=O)c2ccc3c(c2)n(C)c(=O)c2ccnn23)cc1. The van der Waals surface area contributed by atoms with Gasteiger partial charge >= 0.3 is 0 Å². The van der Waals surface area contributed by atoms with E-state index in [1.807, 2.05) is 24.3 Å². The molecule has 136 valence electrons. The first-order valence-electron chi connectivity index (χ1n) is 8.46. The van der Waals surface area contributed by atoms with Gasteiger partial charge in [-0.05, 0) is 42.0 Å². The molecule has 2 aromatic heterocycles. The van der Waals surface area contributed by atoms with Crippen LogP contribution in [0.25, 0.3) is 16.6 Å². The smallest absolute Gasteiger partial charge is 0.276 e. The molecule has 7 nitrogen and oxygen atoms in total. The van der Waals surface area contributed by atoms with Gasteiger partial charge in [0, 0.05) is 19.2 Å². The molecule has 2 heterocycles. The quantitative estimate of drug-likeness (QED) is 0.603. The number of carbonyl (C=O) groups is 1. The van der Waals surface area contributed by atoms with Crippen LogP contribution >= 0.6 is 0 Å². The Labute approximate surface area is 154 Å². The molecular weight excluding hydrogens is 344 g/mol. The van der Waals surface area contributed by atoms with E-state index in [1.165, 1.54) is 4.57 Å². The summed E-state index contributed by atoms with van der Waals surface area (Å²) < 4.78 is 8.26. The predicted octanol–water partition coefficient (Wildman–Crippen LogP) is 2.12. The Kier molecular flexibility index (Phi) is 4.12. The van der Waals surface area contributed by atoms with Gasteiger partial charge in [-0.1, -0.05) is 12.1 Å². The average molecular weight is 362 g/mol. The number of methoxy groups -OCH3 is 1. The van der Waals surface area contributed by atoms with Crippen LogP contribution in [-0.4, -0.2) is 27.2 Å². The summed E-state index contributed by atoms with van der Waals surface area (Å²) in [5, 5.41) is 7.10. The Bertz CT molecular complexity index is 1210. The Morgan fingerprint density at radius 2 is 1.85 bits per heavy atom. The number of amides is 1. The lowest BCUT2D eigenvalue weighted by Crippen LogP contribution is -2.24. The number of nitrogens with one attached hydrogen (secondary N) is 1. The third kappa shape index (κ3) is 2.93. The maximum absolute atomic E-state index is 12.5. The highest BCUT2D eigenvalue weighted by Gasteiger charge is 2.12. The number of hydrogen-bond donors (Lipinski definition) is 1. The van der Waals surface area contributed by atoms with Crippen LogP contribution in [-0.2, 0) is 13.6 Å². The highest BCUT2D eigenvalue weighted by atomic mass is 16.5. The number of nitrogens with zero attached hydrogens (tertiary/aromatic N) is 3. The maximum Gasteiger partial charge on any atom is 0.276 e. The first-order chi connectivity index (χ1) is 13.1. The van der Waals surface area contributed by atoms with Crippen LogP contribution in [0.15, 0.2) is 59.5 Å². The predicted molar refractivity (Wildman–Crippen MR) is 102 cm³/mol. The van der Waals surface area contributed by atoms with E-state index in [2.05, 4.69) is 10.4 Å². The highest BCUT2D eigenvalue weighted by Crippen LogP contribution is 2.16. The summed E-state index contributed by atoms with van der Waals surface area (Å²) in [6.45, 7) is 0.401. The molecule has 0 fully saturated rings. The lowest BCUT2D eigenvalue weighted by atomic mass is 10.1. The van der Waals surface area contributed by atoms with E-state index in [0.717, 1.165) is 16.8 Å². The largest absolute Gasteiger partial charge is 0.497 e. The zero-order valence-electron chi connectivity index (χ0n) is 15.0. The summed E-state index contributed by atoms with van der Waals surface area (Å²) in [6, 6.07) is 14.4. The standard InChI is InChI=1S/C20H18N4O3/c1-23-18-11-14(5-8-16(18)24-17(20(23)26)9-10-22-24)19(25)21-12-13-3-6-15(27-2)7-4-13/h3-11H,12H2,1-2H3,(H,21,25). The molecule has 2 aromatic carbocycles. The van der Waals surface area contributed by atoms with Crippen LogP contribution < -0.4 is 15.6 Å². The van der Waals surface area contributed by atoms with E-state index in [1.54, 1.807) is 49.1 Å². The molecule has 0 atom stereocenters. The molecule has 0 unspecified atom stereocenters. The molecule has 0 bridgehead atoms. The number of rotatable bonds is 4. The second kappa shape index (κ2) is 6.60. The summed E-state index contributed by atoms with van der Waals surface area (Å²) in [5.41, 5.74) is 3.21. The van der Waals surface area contributed by atoms with Crippen molar-refractivity contribution in [2.45, 2.75) is 6.54 Å². The van der Waals surface area contributed by atoms with Gasteiger partial charge in [-0.2, -0.15) is 5.10 Å². The zero-order chi connectivity index (χ0) is 19.0. The normalized spacial score (nSPS) is 11.0. The van der Waals surface area contributed by atoms with Gasteiger partial charge in [-0.3, -0.25) is 9.59 Å². The molecule has 0 aliphatic rings. The van der Waals surface area contributed by atoms with Crippen molar-refractivity contribution < 1.29 is 9.53 Å². The summed E-state index contributed by atoms with van der Waals surface area (Å²) >= 11 is 0. The topological polar surface area (TPSA) is 77.6 Å². The summed E-state index contributed by atoms with van der Waals surface area (Å²) in [6.07, 6.45) is 1.59. The first kappa shape index (κ1) is 16.8. The Morgan fingerprint density at radius 3 is 2.59 bits per heavy atom. The van der Waals surface area contributed by atoms with E-state index in [0.29, 0.717) is 23.1 Å². The Morgan fingerprint density at radius 1 is 1.07 bits per heavy atom. The van der Waals surface area contributed by atoms with Gasteiger partial charge in [0.2, 0.25) is 0 Å². The Balaban J connectivity index is 1.63. The fraction of sp³-hybridized carbons (Fsp3) is 0.150. The van der Waals surface area contributed by atoms with Gasteiger partial charge in [0.1, 0.15) is 11.3 Å². The van der Waals surface area contributed by atoms with Crippen molar-refractivity contribution >= 4 is 22.5 Å². The molecule has 0 aliphatic carbocycles. The lowest BCUT2D eigenvalue weighted by molar-refractivity contribution is 0.0951. The minimum atomic E-state index is -0.208. The van der Waals surface area contributed by atoms with Gasteiger partial charge in [0.25, 0.3) is 11.5 Å². The van der Waals surface area contributed by atoms with Gasteiger partial charge < -0.3 is 14.6 Å². The number of fused-ring (bicyclic) bond motifs is 3. The lowest BCUT2D eigenvalue weighted by Gasteiger charge is -2.10. The molecule has 0 radical (unpaired) electrons. The number of benzene rings is 2. The number of carbonyl (C=O) groups excluding carboxylic acids is 1. The fourth-order valence-corrected chi connectivity index (χ4v) is 3.08. The number of aryl methyl sites for hydroxylation is 1. The van der Waals surface area contributed by atoms with Crippen molar-refractivity contribution in [2.75, 3.05) is 7.11 Å². The molecule has 0 aliphatic heterocycles. The molecule has 4 aromatic rings. The van der Waals surface area contributed by atoms with Crippen LogP contribution in [0.3, 0.4) is 0 Å². The van der Waals surface area contributed by atoms with Crippen molar-refractivity contribution in [2.24, 2.45) is 7.05 Å². The molecule has 27 heavy (non-hydrogen) atoms. The second-order valence-electron chi connectivity index (χ2n) is 6.23. The van der Waals surface area contributed by atoms with Crippen LogP contribution in [0.2, 0.25) is 0 Å². The van der Waals surface area contributed by atoms with Gasteiger partial charge in [0.05, 0.1) is 24.3 Å². The third-order valence-electron chi connectivity index (χ3n) is 4.61. The molecule has 4 rings (SSSR count). The van der Waals surface area contributed by atoms with Crippen molar-refractivity contribution in [1.82, 2.24) is 19.5 Å². The van der Waals surface area contributed by atoms with E-state index in [-0.39, 0.29) is 11.5 Å². The monoisotopic (exact) mass is 362 g/mol. The summed E-state index contributed by atoms with van der Waals surface area (Å²) in [5.74, 6) is 0.561. The van der Waals surface area contributed by atoms with Crippen LogP contribution in [0.5, 0.6) is 5.75 Å². The molecule has 1 N–H and O–H groups in total. The van der Waals surface area contributed by atoms with Gasteiger partial charge in [-0.25, -0.2) is 4.52 Å². The minimum Gasteiger partial charge on any atom is -0.497 e. The van der Waals surface area contributed by atoms with Crippen LogP contribution in [0, 0.1) is 0 Å². The second-order valence-corrected chi connectivity index (χ2v) is 6.23. The van der Waals surface area contributed by atoms with Crippen molar-refractivity contribution in [3.8, 4) is 5.75 Å². The molecule has 0 saturated carbocycles. The highest BCUT2D eigenvalue weighted by molar-refractivity contribution is 5.97. The zero-order valence-corrected chi connectivity index (χ0v) is 15.0.